The lowest BCUT2D eigenvalue weighted by molar-refractivity contribution is -0.131. The van der Waals surface area contributed by atoms with Crippen LogP contribution >= 0.6 is 24.8 Å². The van der Waals surface area contributed by atoms with E-state index in [1.165, 1.54) is 13.0 Å². The van der Waals surface area contributed by atoms with Crippen molar-refractivity contribution in [3.63, 3.8) is 0 Å². The van der Waals surface area contributed by atoms with Crippen LogP contribution < -0.4 is 10.2 Å². The summed E-state index contributed by atoms with van der Waals surface area (Å²) in [6.07, 6.45) is 3.92. The van der Waals surface area contributed by atoms with Gasteiger partial charge in [0.2, 0.25) is 5.91 Å². The average Bonchev–Trinajstić information content (AvgIpc) is 2.67. The maximum atomic E-state index is 14.3. The Kier molecular flexibility index (Phi) is 10.2. The fraction of sp³-hybridized carbons (Fsp3) is 0.600. The highest BCUT2D eigenvalue weighted by molar-refractivity contribution is 5.94. The number of ketones is 1. The van der Waals surface area contributed by atoms with Crippen molar-refractivity contribution >= 4 is 42.2 Å². The summed E-state index contributed by atoms with van der Waals surface area (Å²) in [5, 5.41) is 3.35. The summed E-state index contributed by atoms with van der Waals surface area (Å²) in [6.45, 7) is 6.04. The van der Waals surface area contributed by atoms with E-state index in [9.17, 15) is 14.0 Å². The van der Waals surface area contributed by atoms with E-state index in [-0.39, 0.29) is 42.3 Å². The van der Waals surface area contributed by atoms with Crippen LogP contribution in [0, 0.1) is 11.7 Å². The van der Waals surface area contributed by atoms with E-state index < -0.39 is 0 Å². The lowest BCUT2D eigenvalue weighted by atomic mass is 9.93. The van der Waals surface area contributed by atoms with Gasteiger partial charge in [0, 0.05) is 38.2 Å². The average molecular weight is 434 g/mol. The molecule has 2 saturated heterocycles. The van der Waals surface area contributed by atoms with E-state index in [0.29, 0.717) is 49.8 Å². The lowest BCUT2D eigenvalue weighted by Crippen LogP contribution is -2.49. The van der Waals surface area contributed by atoms with Crippen molar-refractivity contribution in [2.45, 2.75) is 32.6 Å². The van der Waals surface area contributed by atoms with Gasteiger partial charge in [-0.25, -0.2) is 4.39 Å². The van der Waals surface area contributed by atoms with Crippen LogP contribution in [0.15, 0.2) is 18.2 Å². The van der Waals surface area contributed by atoms with Gasteiger partial charge < -0.3 is 15.1 Å². The summed E-state index contributed by atoms with van der Waals surface area (Å²) in [7, 11) is 0. The van der Waals surface area contributed by atoms with E-state index in [4.69, 9.17) is 0 Å². The number of carbonyl (C=O) groups excluding carboxylic acids is 2. The molecule has 1 amide bonds. The van der Waals surface area contributed by atoms with Crippen molar-refractivity contribution in [1.82, 2.24) is 10.2 Å². The standard InChI is InChI=1S/C20H28FN3O2.2ClH/c1-15(25)17-3-4-19(18(21)14-17)23-10-12-24(13-11-23)20(26)5-2-16-6-8-22-9-7-16;;/h3-4,14,16,22H,2,5-13H2,1H3;2*1H. The molecule has 3 rings (SSSR count). The highest BCUT2D eigenvalue weighted by Crippen LogP contribution is 2.23. The highest BCUT2D eigenvalue weighted by Gasteiger charge is 2.24. The Bertz CT molecular complexity index is 661. The zero-order chi connectivity index (χ0) is 18.5. The van der Waals surface area contributed by atoms with Crippen LogP contribution in [0.3, 0.4) is 0 Å². The van der Waals surface area contributed by atoms with Crippen LogP contribution in [0.5, 0.6) is 0 Å². The van der Waals surface area contributed by atoms with Gasteiger partial charge in [-0.3, -0.25) is 9.59 Å². The summed E-state index contributed by atoms with van der Waals surface area (Å²) < 4.78 is 14.3. The summed E-state index contributed by atoms with van der Waals surface area (Å²) in [4.78, 5) is 27.7. The van der Waals surface area contributed by atoms with Crippen LogP contribution in [-0.4, -0.2) is 55.9 Å². The third-order valence-electron chi connectivity index (χ3n) is 5.55. The minimum atomic E-state index is -0.372. The number of hydrogen-bond donors (Lipinski definition) is 1. The number of Topliss-reactive ketones (excluding diaryl/α,β-unsaturated/α-hetero) is 1. The van der Waals surface area contributed by atoms with E-state index in [1.54, 1.807) is 12.1 Å². The van der Waals surface area contributed by atoms with Crippen molar-refractivity contribution in [2.75, 3.05) is 44.2 Å². The Balaban J connectivity index is 0.00000196. The molecule has 2 heterocycles. The number of hydrogen-bond acceptors (Lipinski definition) is 4. The van der Waals surface area contributed by atoms with Crippen LogP contribution in [0.2, 0.25) is 0 Å². The molecule has 1 aromatic carbocycles. The molecule has 0 atom stereocenters. The Hall–Kier alpha value is -1.37. The van der Waals surface area contributed by atoms with E-state index in [2.05, 4.69) is 5.32 Å². The second-order valence-corrected chi connectivity index (χ2v) is 7.32. The minimum absolute atomic E-state index is 0. The van der Waals surface area contributed by atoms with Crippen molar-refractivity contribution < 1.29 is 14.0 Å². The zero-order valence-corrected chi connectivity index (χ0v) is 17.9. The zero-order valence-electron chi connectivity index (χ0n) is 16.3. The molecule has 0 aliphatic carbocycles. The Morgan fingerprint density at radius 3 is 2.32 bits per heavy atom. The predicted molar refractivity (Wildman–Crippen MR) is 115 cm³/mol. The molecule has 0 aromatic heterocycles. The van der Waals surface area contributed by atoms with Gasteiger partial charge in [0.1, 0.15) is 5.82 Å². The Morgan fingerprint density at radius 2 is 1.75 bits per heavy atom. The number of anilines is 1. The number of halogens is 3. The number of piperidine rings is 1. The summed E-state index contributed by atoms with van der Waals surface area (Å²) in [5.41, 5.74) is 0.898. The number of nitrogens with zero attached hydrogens (tertiary/aromatic N) is 2. The molecule has 8 heteroatoms. The maximum Gasteiger partial charge on any atom is 0.222 e. The van der Waals surface area contributed by atoms with Gasteiger partial charge >= 0.3 is 0 Å². The van der Waals surface area contributed by atoms with Crippen molar-refractivity contribution in [3.8, 4) is 0 Å². The van der Waals surface area contributed by atoms with Gasteiger partial charge in [-0.1, -0.05) is 0 Å². The molecular weight excluding hydrogens is 404 g/mol. The third-order valence-corrected chi connectivity index (χ3v) is 5.55. The quantitative estimate of drug-likeness (QED) is 0.723. The summed E-state index contributed by atoms with van der Waals surface area (Å²) in [6, 6.07) is 4.63. The Labute approximate surface area is 178 Å². The first-order valence-electron chi connectivity index (χ1n) is 9.58. The summed E-state index contributed by atoms with van der Waals surface area (Å²) >= 11 is 0. The number of carbonyl (C=O) groups is 2. The van der Waals surface area contributed by atoms with Crippen LogP contribution in [-0.2, 0) is 4.79 Å². The van der Waals surface area contributed by atoms with Gasteiger partial charge in [0.05, 0.1) is 5.69 Å². The SMILES string of the molecule is CC(=O)c1ccc(N2CCN(C(=O)CCC3CCNCC3)CC2)c(F)c1.Cl.Cl. The first-order chi connectivity index (χ1) is 12.5. The largest absolute Gasteiger partial charge is 0.366 e. The van der Waals surface area contributed by atoms with Gasteiger partial charge in [0.15, 0.2) is 5.78 Å². The topological polar surface area (TPSA) is 52.7 Å². The normalized spacial score (nSPS) is 17.5. The first kappa shape index (κ1) is 24.7. The smallest absolute Gasteiger partial charge is 0.222 e. The van der Waals surface area contributed by atoms with E-state index in [0.717, 1.165) is 32.4 Å². The van der Waals surface area contributed by atoms with E-state index >= 15 is 0 Å². The lowest BCUT2D eigenvalue weighted by Gasteiger charge is -2.36. The van der Waals surface area contributed by atoms with E-state index in [1.807, 2.05) is 9.80 Å². The van der Waals surface area contributed by atoms with Crippen LogP contribution in [0.4, 0.5) is 10.1 Å². The molecule has 0 spiro atoms. The van der Waals surface area contributed by atoms with Gasteiger partial charge in [0.25, 0.3) is 0 Å². The number of rotatable bonds is 5. The van der Waals surface area contributed by atoms with Crippen LogP contribution in [0.1, 0.15) is 43.0 Å². The fourth-order valence-corrected chi connectivity index (χ4v) is 3.84. The molecule has 5 nitrogen and oxygen atoms in total. The molecule has 0 radical (unpaired) electrons. The molecule has 1 aromatic rings. The molecule has 2 fully saturated rings. The van der Waals surface area contributed by atoms with Crippen molar-refractivity contribution in [2.24, 2.45) is 5.92 Å². The summed E-state index contributed by atoms with van der Waals surface area (Å²) in [5.74, 6) is 0.369. The second-order valence-electron chi connectivity index (χ2n) is 7.32. The monoisotopic (exact) mass is 433 g/mol. The molecule has 158 valence electrons. The number of piperazine rings is 1. The Morgan fingerprint density at radius 1 is 1.11 bits per heavy atom. The molecular formula is C20H30Cl2FN3O2. The molecule has 2 aliphatic heterocycles. The third kappa shape index (κ3) is 6.33. The first-order valence-corrected chi connectivity index (χ1v) is 9.58. The molecule has 28 heavy (non-hydrogen) atoms. The molecule has 2 aliphatic rings. The number of benzene rings is 1. The second kappa shape index (κ2) is 11.6. The molecule has 0 saturated carbocycles. The number of amides is 1. The van der Waals surface area contributed by atoms with Crippen molar-refractivity contribution in [3.05, 3.63) is 29.6 Å². The van der Waals surface area contributed by atoms with Gasteiger partial charge in [-0.15, -0.1) is 24.8 Å². The molecule has 1 N–H and O–H groups in total. The number of nitrogens with one attached hydrogen (secondary N) is 1. The minimum Gasteiger partial charge on any atom is -0.366 e. The molecule has 0 bridgehead atoms. The van der Waals surface area contributed by atoms with Crippen molar-refractivity contribution in [1.29, 1.82) is 0 Å². The fourth-order valence-electron chi connectivity index (χ4n) is 3.84. The van der Waals surface area contributed by atoms with Gasteiger partial charge in [-0.2, -0.15) is 0 Å². The molecule has 0 unspecified atom stereocenters. The highest BCUT2D eigenvalue weighted by atomic mass is 35.5. The van der Waals surface area contributed by atoms with Gasteiger partial charge in [-0.05, 0) is 63.4 Å². The maximum absolute atomic E-state index is 14.3. The predicted octanol–water partition coefficient (Wildman–Crippen LogP) is 3.30. The van der Waals surface area contributed by atoms with Crippen LogP contribution in [0.25, 0.3) is 0 Å².